The average Bonchev–Trinajstić information content (AvgIpc) is 3.16. The van der Waals surface area contributed by atoms with E-state index in [2.05, 4.69) is 47.9 Å². The average molecular weight is 778 g/mol. The van der Waals surface area contributed by atoms with Crippen LogP contribution in [0.15, 0.2) is 0 Å². The largest absolute Gasteiger partial charge is 0.481 e. The van der Waals surface area contributed by atoms with Gasteiger partial charge in [0.1, 0.15) is 18.3 Å². The highest BCUT2D eigenvalue weighted by Gasteiger charge is 2.42. The topological polar surface area (TPSA) is 242 Å². The summed E-state index contributed by atoms with van der Waals surface area (Å²) in [5, 5.41) is 68.8. The van der Waals surface area contributed by atoms with Gasteiger partial charge in [0.25, 0.3) is 0 Å². The molecule has 1 fully saturated rings. The van der Waals surface area contributed by atoms with E-state index in [-0.39, 0.29) is 31.5 Å². The molecule has 0 saturated carbocycles. The van der Waals surface area contributed by atoms with Crippen LogP contribution in [0.5, 0.6) is 0 Å². The number of amides is 1. The number of carboxylic acids is 1. The van der Waals surface area contributed by atoms with Gasteiger partial charge in [-0.3, -0.25) is 9.59 Å². The second kappa shape index (κ2) is 35.8. The predicted octanol–water partition coefficient (Wildman–Crippen LogP) is -1.96. The van der Waals surface area contributed by atoms with Crippen molar-refractivity contribution in [2.45, 2.75) is 115 Å². The number of carbonyl (C=O) groups is 2. The van der Waals surface area contributed by atoms with Crippen LogP contribution in [-0.2, 0) is 19.1 Å². The first-order valence-electron chi connectivity index (χ1n) is 20.8. The smallest absolute Gasteiger partial charge is 0.303 e. The first kappa shape index (κ1) is 50.4. The van der Waals surface area contributed by atoms with Gasteiger partial charge < -0.3 is 77.8 Å². The normalized spacial score (nSPS) is 20.6. The minimum absolute atomic E-state index is 0.0990. The van der Waals surface area contributed by atoms with E-state index >= 15 is 0 Å². The van der Waals surface area contributed by atoms with E-state index in [0.717, 1.165) is 124 Å². The van der Waals surface area contributed by atoms with Crippen molar-refractivity contribution in [1.82, 2.24) is 47.9 Å². The van der Waals surface area contributed by atoms with E-state index in [0.29, 0.717) is 13.0 Å². The molecule has 17 heteroatoms. The minimum atomic E-state index is -1.37. The van der Waals surface area contributed by atoms with Gasteiger partial charge in [-0.25, -0.2) is 0 Å². The molecule has 13 N–H and O–H groups in total. The Balaban J connectivity index is 1.93. The number of unbranched alkanes of at least 4 members (excludes halogenated alkanes) is 5. The maximum absolute atomic E-state index is 12.9. The number of aliphatic hydroxyl groups is 3. The second-order valence-electron chi connectivity index (χ2n) is 14.0. The molecule has 54 heavy (non-hydrogen) atoms. The fourth-order valence-corrected chi connectivity index (χ4v) is 5.90. The Morgan fingerprint density at radius 3 is 1.59 bits per heavy atom. The van der Waals surface area contributed by atoms with Gasteiger partial charge in [-0.05, 0) is 78.2 Å². The van der Waals surface area contributed by atoms with Gasteiger partial charge in [0.05, 0.1) is 18.8 Å². The van der Waals surface area contributed by atoms with Crippen molar-refractivity contribution in [2.75, 3.05) is 111 Å². The van der Waals surface area contributed by atoms with Crippen LogP contribution in [0, 0.1) is 0 Å². The Morgan fingerprint density at radius 2 is 1.07 bits per heavy atom. The number of aliphatic carboxylic acids is 1. The first-order chi connectivity index (χ1) is 26.3. The van der Waals surface area contributed by atoms with E-state index < -0.39 is 36.7 Å². The molecule has 17 nitrogen and oxygen atoms in total. The third-order valence-corrected chi connectivity index (χ3v) is 9.21. The molecule has 1 rings (SSSR count). The standard InChI is InChI=1S/C37H79N9O8/c1-3-38-26-27-45-31(36(52)46-28-29-53-37-35(51)34(50)33(49)30(2)54-37)12-7-11-17-42-21-25-44-24-20-41-16-10-5-9-15-40-19-23-43-22-18-39-14-8-4-6-13-32(47)48/h30-31,33-35,37-45,49-51H,3-29H2,1-2H3,(H,46,52)(H,47,48)/t30-,31?,33+,34+,35-,37+/m0/s1. The number of hydrogen-bond acceptors (Lipinski definition) is 15. The summed E-state index contributed by atoms with van der Waals surface area (Å²) in [4.78, 5) is 23.4. The molecule has 6 atom stereocenters. The lowest BCUT2D eigenvalue weighted by Gasteiger charge is -2.38. The van der Waals surface area contributed by atoms with E-state index in [1.807, 2.05) is 6.92 Å². The number of ether oxygens (including phenoxy) is 2. The fraction of sp³-hybridized carbons (Fsp3) is 0.946. The maximum atomic E-state index is 12.9. The van der Waals surface area contributed by atoms with Crippen LogP contribution in [0.4, 0.5) is 0 Å². The molecule has 0 spiro atoms. The molecule has 1 amide bonds. The molecular weight excluding hydrogens is 698 g/mol. The molecule has 1 aliphatic heterocycles. The van der Waals surface area contributed by atoms with Gasteiger partial charge in [-0.15, -0.1) is 0 Å². The lowest BCUT2D eigenvalue weighted by molar-refractivity contribution is -0.292. The third-order valence-electron chi connectivity index (χ3n) is 9.21. The molecule has 0 bridgehead atoms. The molecule has 0 aromatic heterocycles. The lowest BCUT2D eigenvalue weighted by Crippen LogP contribution is -2.57. The van der Waals surface area contributed by atoms with Crippen molar-refractivity contribution in [3.05, 3.63) is 0 Å². The van der Waals surface area contributed by atoms with Crippen molar-refractivity contribution in [2.24, 2.45) is 0 Å². The molecule has 320 valence electrons. The Labute approximate surface area is 325 Å². The highest BCUT2D eigenvalue weighted by atomic mass is 16.7. The van der Waals surface area contributed by atoms with Crippen molar-refractivity contribution in [3.8, 4) is 0 Å². The van der Waals surface area contributed by atoms with Gasteiger partial charge in [0.15, 0.2) is 6.29 Å². The molecule has 0 aromatic rings. The van der Waals surface area contributed by atoms with Crippen LogP contribution in [0.25, 0.3) is 0 Å². The summed E-state index contributed by atoms with van der Waals surface area (Å²) in [7, 11) is 0. The number of rotatable bonds is 39. The Kier molecular flexibility index (Phi) is 33.4. The van der Waals surface area contributed by atoms with Crippen LogP contribution < -0.4 is 47.9 Å². The molecule has 0 aromatic carbocycles. The third kappa shape index (κ3) is 27.9. The van der Waals surface area contributed by atoms with Crippen molar-refractivity contribution in [1.29, 1.82) is 0 Å². The highest BCUT2D eigenvalue weighted by Crippen LogP contribution is 2.21. The van der Waals surface area contributed by atoms with Crippen LogP contribution in [0.2, 0.25) is 0 Å². The quantitative estimate of drug-likeness (QED) is 0.0303. The SMILES string of the molecule is CCNCCNC(CCCCNCCNCCNCCCCCNCCNCCNCCCCCC(=O)O)C(=O)NCCO[C@@H]1O[C@@H](C)[C@@H](O)[C@@H](O)[C@@H]1O. The van der Waals surface area contributed by atoms with Crippen molar-refractivity contribution >= 4 is 11.9 Å². The number of carbonyl (C=O) groups excluding carboxylic acids is 1. The van der Waals surface area contributed by atoms with E-state index in [1.54, 1.807) is 6.92 Å². The van der Waals surface area contributed by atoms with Gasteiger partial charge in [0.2, 0.25) is 5.91 Å². The summed E-state index contributed by atoms with van der Waals surface area (Å²) in [5.74, 6) is -0.812. The summed E-state index contributed by atoms with van der Waals surface area (Å²) >= 11 is 0. The molecule has 0 aliphatic carbocycles. The molecule has 0 radical (unpaired) electrons. The van der Waals surface area contributed by atoms with E-state index in [9.17, 15) is 24.9 Å². The predicted molar refractivity (Wildman–Crippen MR) is 213 cm³/mol. The zero-order chi connectivity index (χ0) is 39.5. The molecule has 1 heterocycles. The van der Waals surface area contributed by atoms with Crippen molar-refractivity contribution < 1.29 is 39.5 Å². The minimum Gasteiger partial charge on any atom is -0.481 e. The molecule has 1 unspecified atom stereocenters. The van der Waals surface area contributed by atoms with E-state index in [4.69, 9.17) is 14.6 Å². The monoisotopic (exact) mass is 778 g/mol. The summed E-state index contributed by atoms with van der Waals surface area (Å²) in [6, 6.07) is -0.323. The number of hydrogen-bond donors (Lipinski definition) is 13. The summed E-state index contributed by atoms with van der Waals surface area (Å²) in [6.45, 7) is 17.8. The number of carboxylic acid groups (broad SMARTS) is 1. The summed E-state index contributed by atoms with van der Waals surface area (Å²) < 4.78 is 11.0. The summed E-state index contributed by atoms with van der Waals surface area (Å²) in [6.07, 6.45) is 3.55. The highest BCUT2D eigenvalue weighted by molar-refractivity contribution is 5.81. The number of likely N-dealkylation sites (N-methyl/N-ethyl adjacent to an activating group) is 1. The van der Waals surface area contributed by atoms with Crippen molar-refractivity contribution in [3.63, 3.8) is 0 Å². The first-order valence-corrected chi connectivity index (χ1v) is 20.8. The van der Waals surface area contributed by atoms with Crippen LogP contribution in [0.3, 0.4) is 0 Å². The Hall–Kier alpha value is -1.58. The number of nitrogens with one attached hydrogen (secondary N) is 9. The van der Waals surface area contributed by atoms with Gasteiger partial charge in [-0.2, -0.15) is 0 Å². The van der Waals surface area contributed by atoms with Gasteiger partial charge >= 0.3 is 5.97 Å². The van der Waals surface area contributed by atoms with Crippen LogP contribution in [-0.4, -0.2) is 180 Å². The molecule has 1 saturated heterocycles. The summed E-state index contributed by atoms with van der Waals surface area (Å²) in [5.41, 5.74) is 0. The Morgan fingerprint density at radius 1 is 0.593 bits per heavy atom. The number of aliphatic hydroxyl groups excluding tert-OH is 3. The van der Waals surface area contributed by atoms with Gasteiger partial charge in [0, 0.05) is 78.4 Å². The zero-order valence-corrected chi connectivity index (χ0v) is 33.5. The lowest BCUT2D eigenvalue weighted by atomic mass is 10.0. The van der Waals surface area contributed by atoms with Crippen LogP contribution in [0.1, 0.15) is 78.1 Å². The fourth-order valence-electron chi connectivity index (χ4n) is 5.90. The van der Waals surface area contributed by atoms with Gasteiger partial charge in [-0.1, -0.05) is 26.2 Å². The zero-order valence-electron chi connectivity index (χ0n) is 33.5. The molecular formula is C37H79N9O8. The maximum Gasteiger partial charge on any atom is 0.303 e. The van der Waals surface area contributed by atoms with Crippen LogP contribution >= 0.6 is 0 Å². The molecule has 1 aliphatic rings. The Bertz CT molecular complexity index is 885. The van der Waals surface area contributed by atoms with E-state index in [1.165, 1.54) is 19.3 Å². The second-order valence-corrected chi connectivity index (χ2v) is 14.0.